The number of primary amides is 1. The smallest absolute Gasteiger partial charge is 0.250 e. The van der Waals surface area contributed by atoms with E-state index in [1.165, 1.54) is 32.3 Å². The Labute approximate surface area is 93.9 Å². The average molecular weight is 243 g/mol. The lowest BCUT2D eigenvalue weighted by atomic mass is 10.2. The number of benzene rings is 1. The highest BCUT2D eigenvalue weighted by Crippen LogP contribution is 2.19. The van der Waals surface area contributed by atoms with Crippen LogP contribution in [0.2, 0.25) is 0 Å². The van der Waals surface area contributed by atoms with Crippen LogP contribution >= 0.6 is 0 Å². The minimum atomic E-state index is -3.58. The van der Waals surface area contributed by atoms with Gasteiger partial charge in [0.25, 0.3) is 5.91 Å². The summed E-state index contributed by atoms with van der Waals surface area (Å²) < 4.78 is 24.5. The van der Waals surface area contributed by atoms with Crippen LogP contribution in [0.15, 0.2) is 23.1 Å². The zero-order valence-electron chi connectivity index (χ0n) is 8.97. The van der Waals surface area contributed by atoms with Crippen LogP contribution in [-0.4, -0.2) is 32.7 Å². The Hall–Kier alpha value is -1.60. The molecule has 88 valence electrons. The van der Waals surface area contributed by atoms with Crippen molar-refractivity contribution in [2.24, 2.45) is 5.73 Å². The van der Waals surface area contributed by atoms with Crippen molar-refractivity contribution in [2.45, 2.75) is 4.90 Å². The van der Waals surface area contributed by atoms with Crippen molar-refractivity contribution >= 4 is 21.6 Å². The number of hydrogen-bond acceptors (Lipinski definition) is 4. The van der Waals surface area contributed by atoms with Crippen LogP contribution in [0.4, 0.5) is 5.69 Å². The van der Waals surface area contributed by atoms with E-state index in [4.69, 9.17) is 11.5 Å². The van der Waals surface area contributed by atoms with Gasteiger partial charge >= 0.3 is 0 Å². The predicted molar refractivity (Wildman–Crippen MR) is 60.2 cm³/mol. The van der Waals surface area contributed by atoms with Crippen molar-refractivity contribution in [3.05, 3.63) is 23.8 Å². The molecule has 0 saturated heterocycles. The summed E-state index contributed by atoms with van der Waals surface area (Å²) in [5, 5.41) is 0. The molecule has 0 atom stereocenters. The van der Waals surface area contributed by atoms with E-state index in [1.807, 2.05) is 0 Å². The zero-order valence-corrected chi connectivity index (χ0v) is 9.78. The van der Waals surface area contributed by atoms with Gasteiger partial charge in [0.2, 0.25) is 10.0 Å². The number of rotatable bonds is 3. The summed E-state index contributed by atoms with van der Waals surface area (Å²) in [7, 11) is -0.783. The Bertz CT molecular complexity index is 523. The first-order chi connectivity index (χ1) is 7.26. The lowest BCUT2D eigenvalue weighted by Gasteiger charge is -2.12. The Morgan fingerprint density at radius 3 is 2.31 bits per heavy atom. The predicted octanol–water partition coefficient (Wildman–Crippen LogP) is -0.382. The molecule has 0 aliphatic rings. The molecular weight excluding hydrogens is 230 g/mol. The van der Waals surface area contributed by atoms with Crippen molar-refractivity contribution < 1.29 is 13.2 Å². The van der Waals surface area contributed by atoms with Crippen LogP contribution in [0.25, 0.3) is 0 Å². The van der Waals surface area contributed by atoms with Gasteiger partial charge in [-0.3, -0.25) is 4.79 Å². The quantitative estimate of drug-likeness (QED) is 0.705. The molecule has 0 radical (unpaired) electrons. The fourth-order valence-corrected chi connectivity index (χ4v) is 2.05. The molecule has 0 saturated carbocycles. The van der Waals surface area contributed by atoms with Crippen LogP contribution in [0.1, 0.15) is 10.4 Å². The second-order valence-electron chi connectivity index (χ2n) is 3.40. The molecule has 0 aliphatic heterocycles. The van der Waals surface area contributed by atoms with Gasteiger partial charge in [-0.05, 0) is 18.2 Å². The third kappa shape index (κ3) is 2.15. The average Bonchev–Trinajstić information content (AvgIpc) is 2.17. The molecule has 0 fully saturated rings. The minimum absolute atomic E-state index is 0.00271. The molecule has 1 aromatic carbocycles. The molecule has 0 aromatic heterocycles. The highest BCUT2D eigenvalue weighted by atomic mass is 32.2. The summed E-state index contributed by atoms with van der Waals surface area (Å²) in [6, 6.07) is 3.85. The van der Waals surface area contributed by atoms with Crippen molar-refractivity contribution in [1.82, 2.24) is 4.31 Å². The van der Waals surface area contributed by atoms with Crippen LogP contribution in [-0.2, 0) is 10.0 Å². The maximum Gasteiger partial charge on any atom is 0.250 e. The van der Waals surface area contributed by atoms with Crippen LogP contribution in [0, 0.1) is 0 Å². The van der Waals surface area contributed by atoms with Gasteiger partial charge in [0.05, 0.1) is 10.5 Å². The summed E-state index contributed by atoms with van der Waals surface area (Å²) in [4.78, 5) is 11.0. The number of amides is 1. The second kappa shape index (κ2) is 4.11. The summed E-state index contributed by atoms with van der Waals surface area (Å²) >= 11 is 0. The topological polar surface area (TPSA) is 106 Å². The fourth-order valence-electron chi connectivity index (χ4n) is 1.12. The lowest BCUT2D eigenvalue weighted by molar-refractivity contribution is 0.100. The van der Waals surface area contributed by atoms with Gasteiger partial charge in [-0.25, -0.2) is 12.7 Å². The SMILES string of the molecule is CN(C)S(=O)(=O)c1ccc(N)c(C(N)=O)c1. The molecule has 7 heteroatoms. The van der Waals surface area contributed by atoms with Gasteiger partial charge < -0.3 is 11.5 Å². The van der Waals surface area contributed by atoms with Crippen molar-refractivity contribution in [2.75, 3.05) is 19.8 Å². The van der Waals surface area contributed by atoms with E-state index in [-0.39, 0.29) is 16.1 Å². The van der Waals surface area contributed by atoms with Crippen LogP contribution in [0.3, 0.4) is 0 Å². The number of nitrogens with two attached hydrogens (primary N) is 2. The van der Waals surface area contributed by atoms with E-state index >= 15 is 0 Å². The molecule has 1 aromatic rings. The number of carbonyl (C=O) groups excluding carboxylic acids is 1. The molecule has 0 spiro atoms. The second-order valence-corrected chi connectivity index (χ2v) is 5.55. The van der Waals surface area contributed by atoms with E-state index in [9.17, 15) is 13.2 Å². The molecule has 0 bridgehead atoms. The normalized spacial score (nSPS) is 11.7. The number of sulfonamides is 1. The molecule has 0 unspecified atom stereocenters. The monoisotopic (exact) mass is 243 g/mol. The number of anilines is 1. The molecule has 0 heterocycles. The lowest BCUT2D eigenvalue weighted by Crippen LogP contribution is -2.23. The first kappa shape index (κ1) is 12.5. The molecule has 16 heavy (non-hydrogen) atoms. The van der Waals surface area contributed by atoms with Gasteiger partial charge in [-0.1, -0.05) is 0 Å². The molecule has 1 rings (SSSR count). The van der Waals surface area contributed by atoms with Crippen LogP contribution in [0.5, 0.6) is 0 Å². The number of nitrogens with zero attached hydrogens (tertiary/aromatic N) is 1. The van der Waals surface area contributed by atoms with Crippen molar-refractivity contribution in [3.8, 4) is 0 Å². The molecular formula is C9H13N3O3S. The van der Waals surface area contributed by atoms with Gasteiger partial charge in [0.1, 0.15) is 0 Å². The third-order valence-corrected chi connectivity index (χ3v) is 3.88. The fraction of sp³-hybridized carbons (Fsp3) is 0.222. The number of carbonyl (C=O) groups is 1. The Morgan fingerprint density at radius 1 is 1.31 bits per heavy atom. The summed E-state index contributed by atoms with van der Waals surface area (Å²) in [5.74, 6) is -0.756. The Balaban J connectivity index is 3.40. The summed E-state index contributed by atoms with van der Waals surface area (Å²) in [6.07, 6.45) is 0. The largest absolute Gasteiger partial charge is 0.398 e. The van der Waals surface area contributed by atoms with Gasteiger partial charge in [0, 0.05) is 19.8 Å². The van der Waals surface area contributed by atoms with Gasteiger partial charge in [-0.2, -0.15) is 0 Å². The summed E-state index contributed by atoms with van der Waals surface area (Å²) in [6.45, 7) is 0. The van der Waals surface area contributed by atoms with E-state index in [0.29, 0.717) is 0 Å². The number of nitrogen functional groups attached to an aromatic ring is 1. The van der Waals surface area contributed by atoms with E-state index in [1.54, 1.807) is 0 Å². The minimum Gasteiger partial charge on any atom is -0.398 e. The standard InChI is InChI=1S/C9H13N3O3S/c1-12(2)16(14,15)6-3-4-8(10)7(5-6)9(11)13/h3-5H,10H2,1-2H3,(H2,11,13). The third-order valence-electron chi connectivity index (χ3n) is 2.07. The highest BCUT2D eigenvalue weighted by Gasteiger charge is 2.19. The van der Waals surface area contributed by atoms with Gasteiger partial charge in [-0.15, -0.1) is 0 Å². The number of hydrogen-bond donors (Lipinski definition) is 2. The Kier molecular flexibility index (Phi) is 3.20. The first-order valence-electron chi connectivity index (χ1n) is 4.38. The molecule has 0 aliphatic carbocycles. The van der Waals surface area contributed by atoms with Crippen molar-refractivity contribution in [3.63, 3.8) is 0 Å². The maximum absolute atomic E-state index is 11.8. The molecule has 6 nitrogen and oxygen atoms in total. The first-order valence-corrected chi connectivity index (χ1v) is 5.82. The van der Waals surface area contributed by atoms with E-state index in [0.717, 1.165) is 4.31 Å². The van der Waals surface area contributed by atoms with Gasteiger partial charge in [0.15, 0.2) is 0 Å². The molecule has 4 N–H and O–H groups in total. The Morgan fingerprint density at radius 2 is 1.88 bits per heavy atom. The maximum atomic E-state index is 11.8. The van der Waals surface area contributed by atoms with Crippen molar-refractivity contribution in [1.29, 1.82) is 0 Å². The highest BCUT2D eigenvalue weighted by molar-refractivity contribution is 7.89. The van der Waals surface area contributed by atoms with E-state index in [2.05, 4.69) is 0 Å². The van der Waals surface area contributed by atoms with E-state index < -0.39 is 15.9 Å². The zero-order chi connectivity index (χ0) is 12.5. The van der Waals surface area contributed by atoms with Crippen LogP contribution < -0.4 is 11.5 Å². The summed E-state index contributed by atoms with van der Waals surface area (Å²) in [5.41, 5.74) is 10.7. The molecule has 1 amide bonds.